The molecule has 4 heteroatoms. The zero-order chi connectivity index (χ0) is 16.9. The lowest BCUT2D eigenvalue weighted by Gasteiger charge is -2.11. The van der Waals surface area contributed by atoms with Gasteiger partial charge in [-0.3, -0.25) is 4.79 Å². The number of nitrogens with one attached hydrogen (secondary N) is 1. The number of para-hydroxylation sites is 1. The second-order valence-corrected chi connectivity index (χ2v) is 6.94. The van der Waals surface area contributed by atoms with Gasteiger partial charge in [0, 0.05) is 11.1 Å². The standard InChI is InChI=1S/C20H21NO2S/c1-14-6-5-7-16(10-14)12-24-13-20(22)21-15(2)19-11-17-8-3-4-9-18(17)23-19/h3-11,15H,12-13H2,1-2H3,(H,21,22)/t15-/m1/s1. The van der Waals surface area contributed by atoms with Gasteiger partial charge >= 0.3 is 0 Å². The number of rotatable bonds is 6. The van der Waals surface area contributed by atoms with Gasteiger partial charge in [0.15, 0.2) is 0 Å². The van der Waals surface area contributed by atoms with Crippen molar-refractivity contribution in [2.75, 3.05) is 5.75 Å². The Kier molecular flexibility index (Phi) is 5.26. The van der Waals surface area contributed by atoms with Gasteiger partial charge in [0.05, 0.1) is 11.8 Å². The number of carbonyl (C=O) groups is 1. The molecular formula is C20H21NO2S. The maximum Gasteiger partial charge on any atom is 0.230 e. The third-order valence-electron chi connectivity index (χ3n) is 3.83. The van der Waals surface area contributed by atoms with E-state index in [-0.39, 0.29) is 11.9 Å². The summed E-state index contributed by atoms with van der Waals surface area (Å²) in [5.41, 5.74) is 3.34. The van der Waals surface area contributed by atoms with E-state index in [0.717, 1.165) is 22.5 Å². The molecule has 0 saturated heterocycles. The molecule has 124 valence electrons. The summed E-state index contributed by atoms with van der Waals surface area (Å²) in [6.45, 7) is 4.02. The van der Waals surface area contributed by atoms with Crippen LogP contribution in [0.15, 0.2) is 59.0 Å². The number of thioether (sulfide) groups is 1. The maximum absolute atomic E-state index is 12.1. The molecule has 1 heterocycles. The lowest BCUT2D eigenvalue weighted by Crippen LogP contribution is -2.27. The third kappa shape index (κ3) is 4.20. The number of amides is 1. The number of aryl methyl sites for hydroxylation is 1. The molecule has 0 aliphatic carbocycles. The second-order valence-electron chi connectivity index (χ2n) is 5.96. The second kappa shape index (κ2) is 7.58. The molecule has 1 amide bonds. The van der Waals surface area contributed by atoms with Crippen LogP contribution in [-0.4, -0.2) is 11.7 Å². The minimum Gasteiger partial charge on any atom is -0.459 e. The van der Waals surface area contributed by atoms with Crippen LogP contribution in [-0.2, 0) is 10.5 Å². The Morgan fingerprint density at radius 2 is 2.00 bits per heavy atom. The van der Waals surface area contributed by atoms with Gasteiger partial charge in [-0.15, -0.1) is 11.8 Å². The van der Waals surface area contributed by atoms with Crippen LogP contribution in [0.5, 0.6) is 0 Å². The molecule has 3 rings (SSSR count). The van der Waals surface area contributed by atoms with E-state index >= 15 is 0 Å². The first-order valence-electron chi connectivity index (χ1n) is 8.03. The number of carbonyl (C=O) groups excluding carboxylic acids is 1. The summed E-state index contributed by atoms with van der Waals surface area (Å²) in [6, 6.07) is 18.1. The summed E-state index contributed by atoms with van der Waals surface area (Å²) in [7, 11) is 0. The molecular weight excluding hydrogens is 318 g/mol. The van der Waals surface area contributed by atoms with Crippen molar-refractivity contribution in [1.82, 2.24) is 5.32 Å². The lowest BCUT2D eigenvalue weighted by molar-refractivity contribution is -0.119. The van der Waals surface area contributed by atoms with E-state index in [1.165, 1.54) is 11.1 Å². The van der Waals surface area contributed by atoms with Crippen molar-refractivity contribution < 1.29 is 9.21 Å². The highest BCUT2D eigenvalue weighted by molar-refractivity contribution is 7.99. The van der Waals surface area contributed by atoms with Crippen molar-refractivity contribution in [2.45, 2.75) is 25.6 Å². The van der Waals surface area contributed by atoms with Crippen molar-refractivity contribution in [1.29, 1.82) is 0 Å². The predicted molar refractivity (Wildman–Crippen MR) is 100 cm³/mol. The molecule has 1 atom stereocenters. The zero-order valence-electron chi connectivity index (χ0n) is 13.9. The topological polar surface area (TPSA) is 42.2 Å². The molecule has 0 radical (unpaired) electrons. The van der Waals surface area contributed by atoms with E-state index in [4.69, 9.17) is 4.42 Å². The molecule has 0 bridgehead atoms. The Morgan fingerprint density at radius 1 is 1.17 bits per heavy atom. The van der Waals surface area contributed by atoms with Crippen molar-refractivity contribution in [3.8, 4) is 0 Å². The molecule has 0 fully saturated rings. The molecule has 0 spiro atoms. The fraction of sp³-hybridized carbons (Fsp3) is 0.250. The quantitative estimate of drug-likeness (QED) is 0.698. The summed E-state index contributed by atoms with van der Waals surface area (Å²) < 4.78 is 5.80. The van der Waals surface area contributed by atoms with Crippen molar-refractivity contribution in [2.24, 2.45) is 0 Å². The largest absolute Gasteiger partial charge is 0.459 e. The van der Waals surface area contributed by atoms with Gasteiger partial charge in [0.2, 0.25) is 5.91 Å². The minimum atomic E-state index is -0.135. The van der Waals surface area contributed by atoms with E-state index in [0.29, 0.717) is 5.75 Å². The molecule has 0 unspecified atom stereocenters. The van der Waals surface area contributed by atoms with Crippen molar-refractivity contribution in [3.05, 3.63) is 71.5 Å². The predicted octanol–water partition coefficient (Wildman–Crippen LogP) is 4.85. The van der Waals surface area contributed by atoms with Crippen LogP contribution in [0, 0.1) is 6.92 Å². The van der Waals surface area contributed by atoms with E-state index in [1.54, 1.807) is 11.8 Å². The number of hydrogen-bond acceptors (Lipinski definition) is 3. The molecule has 3 aromatic rings. The smallest absolute Gasteiger partial charge is 0.230 e. The van der Waals surface area contributed by atoms with E-state index in [1.807, 2.05) is 37.3 Å². The highest BCUT2D eigenvalue weighted by Gasteiger charge is 2.14. The van der Waals surface area contributed by atoms with Crippen LogP contribution >= 0.6 is 11.8 Å². The van der Waals surface area contributed by atoms with Gasteiger partial charge in [-0.2, -0.15) is 0 Å². The summed E-state index contributed by atoms with van der Waals surface area (Å²) in [6.07, 6.45) is 0. The highest BCUT2D eigenvalue weighted by Crippen LogP contribution is 2.23. The number of furan rings is 1. The Bertz CT molecular complexity index is 807. The van der Waals surface area contributed by atoms with Crippen LogP contribution in [0.1, 0.15) is 29.9 Å². The Hall–Kier alpha value is -2.20. The van der Waals surface area contributed by atoms with Gasteiger partial charge in [-0.25, -0.2) is 0 Å². The fourth-order valence-electron chi connectivity index (χ4n) is 2.63. The van der Waals surface area contributed by atoms with Crippen LogP contribution in [0.3, 0.4) is 0 Å². The minimum absolute atomic E-state index is 0.0283. The molecule has 1 aromatic heterocycles. The monoisotopic (exact) mass is 339 g/mol. The van der Waals surface area contributed by atoms with Gasteiger partial charge in [0.1, 0.15) is 11.3 Å². The highest BCUT2D eigenvalue weighted by atomic mass is 32.2. The van der Waals surface area contributed by atoms with E-state index in [2.05, 4.69) is 36.5 Å². The molecule has 0 aliphatic heterocycles. The van der Waals surface area contributed by atoms with Crippen LogP contribution in [0.25, 0.3) is 11.0 Å². The molecule has 0 saturated carbocycles. The van der Waals surface area contributed by atoms with Crippen LogP contribution < -0.4 is 5.32 Å². The SMILES string of the molecule is Cc1cccc(CSCC(=O)N[C@H](C)c2cc3ccccc3o2)c1. The number of fused-ring (bicyclic) bond motifs is 1. The molecule has 2 aromatic carbocycles. The zero-order valence-corrected chi connectivity index (χ0v) is 14.7. The molecule has 3 nitrogen and oxygen atoms in total. The molecule has 24 heavy (non-hydrogen) atoms. The number of benzene rings is 2. The van der Waals surface area contributed by atoms with Gasteiger partial charge < -0.3 is 9.73 Å². The fourth-order valence-corrected chi connectivity index (χ4v) is 3.42. The van der Waals surface area contributed by atoms with Crippen molar-refractivity contribution >= 4 is 28.6 Å². The summed E-state index contributed by atoms with van der Waals surface area (Å²) in [5.74, 6) is 2.10. The Balaban J connectivity index is 1.50. The Labute approximate surface area is 146 Å². The summed E-state index contributed by atoms with van der Waals surface area (Å²) >= 11 is 1.62. The Morgan fingerprint density at radius 3 is 2.79 bits per heavy atom. The summed E-state index contributed by atoms with van der Waals surface area (Å²) in [5, 5.41) is 4.06. The summed E-state index contributed by atoms with van der Waals surface area (Å²) in [4.78, 5) is 12.1. The van der Waals surface area contributed by atoms with E-state index < -0.39 is 0 Å². The van der Waals surface area contributed by atoms with Crippen LogP contribution in [0.4, 0.5) is 0 Å². The normalized spacial score (nSPS) is 12.2. The number of hydrogen-bond donors (Lipinski definition) is 1. The molecule has 0 aliphatic rings. The average molecular weight is 339 g/mol. The van der Waals surface area contributed by atoms with Crippen LogP contribution in [0.2, 0.25) is 0 Å². The molecule has 1 N–H and O–H groups in total. The van der Waals surface area contributed by atoms with Gasteiger partial charge in [-0.1, -0.05) is 48.0 Å². The average Bonchev–Trinajstić information content (AvgIpc) is 2.99. The third-order valence-corrected chi connectivity index (χ3v) is 4.84. The van der Waals surface area contributed by atoms with E-state index in [9.17, 15) is 4.79 Å². The lowest BCUT2D eigenvalue weighted by atomic mass is 10.2. The van der Waals surface area contributed by atoms with Gasteiger partial charge in [-0.05, 0) is 31.5 Å². The maximum atomic E-state index is 12.1. The first-order valence-corrected chi connectivity index (χ1v) is 9.18. The van der Waals surface area contributed by atoms with Gasteiger partial charge in [0.25, 0.3) is 0 Å². The first-order chi connectivity index (χ1) is 11.6. The van der Waals surface area contributed by atoms with Crippen molar-refractivity contribution in [3.63, 3.8) is 0 Å². The first kappa shape index (κ1) is 16.7.